The van der Waals surface area contributed by atoms with Gasteiger partial charge >= 0.3 is 11.9 Å². The Kier molecular flexibility index (Phi) is 7.08. The number of carbonyl (C=O) groups excluding carboxylic acids is 2. The van der Waals surface area contributed by atoms with Gasteiger partial charge in [-0.2, -0.15) is 0 Å². The van der Waals surface area contributed by atoms with Crippen molar-refractivity contribution in [3.63, 3.8) is 0 Å². The largest absolute Gasteiger partial charge is 0.504 e. The molecule has 5 N–H and O–H groups in total. The summed E-state index contributed by atoms with van der Waals surface area (Å²) in [6.45, 7) is 6.77. The van der Waals surface area contributed by atoms with Crippen LogP contribution < -0.4 is 29.0 Å². The number of benzene rings is 3. The van der Waals surface area contributed by atoms with Crippen molar-refractivity contribution in [1.29, 1.82) is 0 Å². The number of methoxy groups -OCH3 is 2. The number of nitrogens with zero attached hydrogens (tertiary/aromatic N) is 2. The zero-order valence-electron chi connectivity index (χ0n) is 33.3. The Labute approximate surface area is 342 Å². The first-order valence-corrected chi connectivity index (χ1v) is 21.1. The van der Waals surface area contributed by atoms with Crippen LogP contribution in [0.5, 0.6) is 34.5 Å². The first kappa shape index (κ1) is 36.2. The normalized spacial score (nSPS) is 35.3. The smallest absolute Gasteiger partial charge is 0.333 e. The van der Waals surface area contributed by atoms with Crippen molar-refractivity contribution in [2.24, 2.45) is 5.92 Å². The summed E-state index contributed by atoms with van der Waals surface area (Å²) in [7, 11) is 3.16. The van der Waals surface area contributed by atoms with Gasteiger partial charge in [0.15, 0.2) is 28.5 Å². The number of phenolic OH excluding ortho intramolecular Hbond substituents is 1. The van der Waals surface area contributed by atoms with E-state index < -0.39 is 58.2 Å². The lowest BCUT2D eigenvalue weighted by Gasteiger charge is -2.57. The predicted octanol–water partition coefficient (Wildman–Crippen LogP) is 3.61. The number of rotatable bonds is 4. The van der Waals surface area contributed by atoms with Crippen LogP contribution in [0.25, 0.3) is 10.9 Å². The number of nitrogens with one attached hydrogen (secondary N) is 2. The van der Waals surface area contributed by atoms with E-state index in [0.29, 0.717) is 57.6 Å². The summed E-state index contributed by atoms with van der Waals surface area (Å²) in [6, 6.07) is 5.26. The van der Waals surface area contributed by atoms with E-state index in [9.17, 15) is 20.1 Å². The fraction of sp³-hybridized carbons (Fsp3) is 0.488. The van der Waals surface area contributed by atoms with E-state index in [1.807, 2.05) is 32.0 Å². The second kappa shape index (κ2) is 11.6. The number of aromatic hydroxyl groups is 1. The van der Waals surface area contributed by atoms with Gasteiger partial charge < -0.3 is 48.7 Å². The summed E-state index contributed by atoms with van der Waals surface area (Å²) in [5.41, 5.74) is 3.33. The number of aromatic nitrogens is 1. The summed E-state index contributed by atoms with van der Waals surface area (Å²) >= 11 is 1.48. The molecule has 3 saturated heterocycles. The maximum absolute atomic E-state index is 15.1. The van der Waals surface area contributed by atoms with E-state index in [0.717, 1.165) is 33.2 Å². The van der Waals surface area contributed by atoms with Gasteiger partial charge in [-0.15, -0.1) is 11.8 Å². The molecule has 59 heavy (non-hydrogen) atoms. The highest BCUT2D eigenvalue weighted by atomic mass is 32.2. The summed E-state index contributed by atoms with van der Waals surface area (Å²) in [4.78, 5) is 36.2. The van der Waals surface area contributed by atoms with Gasteiger partial charge in [-0.1, -0.05) is 0 Å². The van der Waals surface area contributed by atoms with Crippen LogP contribution in [0.3, 0.4) is 0 Å². The third kappa shape index (κ3) is 4.04. The third-order valence-electron chi connectivity index (χ3n) is 14.9. The minimum Gasteiger partial charge on any atom is -0.504 e. The van der Waals surface area contributed by atoms with E-state index >= 15 is 4.79 Å². The van der Waals surface area contributed by atoms with Gasteiger partial charge in [0.1, 0.15) is 23.8 Å². The molecule has 1 aromatic heterocycles. The Hall–Kier alpha value is -4.71. The Balaban J connectivity index is 1.12. The number of H-pyrrole nitrogens is 1. The highest BCUT2D eigenvalue weighted by molar-refractivity contribution is 7.99. The van der Waals surface area contributed by atoms with Gasteiger partial charge in [0.2, 0.25) is 6.79 Å². The molecule has 2 bridgehead atoms. The molecular formula is C43H44N4O11S. The number of hydrogen-bond acceptors (Lipinski definition) is 15. The molecular weight excluding hydrogens is 781 g/mol. The van der Waals surface area contributed by atoms with Gasteiger partial charge in [-0.3, -0.25) is 19.9 Å². The highest BCUT2D eigenvalue weighted by Gasteiger charge is 2.93. The molecule has 13 rings (SSSR count). The maximum atomic E-state index is 15.1. The molecule has 1 aliphatic carbocycles. The zero-order valence-corrected chi connectivity index (χ0v) is 34.1. The molecule has 1 spiro atoms. The molecule has 15 nitrogen and oxygen atoms in total. The molecule has 1 saturated carbocycles. The second-order valence-corrected chi connectivity index (χ2v) is 18.6. The molecule has 2 unspecified atom stereocenters. The standard InChI is InChI=1S/C43H44N4O11S/c1-16-9-23-26(31(50)32(16)54-6)29-30-36-28-27(35-34(56-15-57-35)17(2)33(28)58-18(3)49)25(46(30)43(52)37-39(43)47(29)41(23,37)4)13-55-40(51)42(14-59-36)38-22(10-19(12-48)45-42)21-11-20(53-5)7-8-24(21)44-38/h7-9,11,19,25,29-30,36-37,39,44-45,48,50,52H,10,12-15H2,1-6H3/t19-,25+,29-,30?,36-,37?,39+,41+,42-,43+/m1/s1. The number of hydrogen-bond donors (Lipinski definition) is 5. The number of aromatic amines is 1. The van der Waals surface area contributed by atoms with Crippen LogP contribution in [0.15, 0.2) is 24.3 Å². The van der Waals surface area contributed by atoms with Crippen molar-refractivity contribution in [2.75, 3.05) is 40.0 Å². The second-order valence-electron chi connectivity index (χ2n) is 17.4. The molecule has 4 aromatic rings. The van der Waals surface area contributed by atoms with E-state index in [1.165, 1.54) is 18.7 Å². The van der Waals surface area contributed by atoms with Crippen LogP contribution in [0.4, 0.5) is 0 Å². The van der Waals surface area contributed by atoms with Crippen molar-refractivity contribution in [1.82, 2.24) is 20.1 Å². The van der Waals surface area contributed by atoms with Crippen molar-refractivity contribution in [2.45, 2.75) is 86.4 Å². The zero-order chi connectivity index (χ0) is 40.8. The number of esters is 2. The molecule has 4 fully saturated rings. The molecule has 9 aliphatic rings. The monoisotopic (exact) mass is 824 g/mol. The molecule has 0 amide bonds. The Bertz CT molecular complexity index is 2620. The summed E-state index contributed by atoms with van der Waals surface area (Å²) in [5.74, 6) is 1.19. The average Bonchev–Trinajstić information content (AvgIpc) is 3.52. The quantitative estimate of drug-likeness (QED) is 0.149. The SMILES string of the molecule is COc1ccc2[nH]c3c(c2c1)C[C@H](CO)N[C@]31CS[C@@H]2c3c(OC(C)=O)c(C)c4c(c3[C@H](COC1=O)N1C2[C@H]2c3c(cc(C)c(OC)c3O)[C@@]3(C)C5[C@H](N23)[C@@]51O)OCO4. The fourth-order valence-corrected chi connectivity index (χ4v) is 14.4. The average molecular weight is 825 g/mol. The van der Waals surface area contributed by atoms with E-state index in [-0.39, 0.29) is 43.5 Å². The lowest BCUT2D eigenvalue weighted by molar-refractivity contribution is -0.171. The van der Waals surface area contributed by atoms with Crippen LogP contribution in [0, 0.1) is 19.8 Å². The van der Waals surface area contributed by atoms with Crippen molar-refractivity contribution in [3.05, 3.63) is 68.9 Å². The van der Waals surface area contributed by atoms with Crippen LogP contribution in [-0.2, 0) is 31.8 Å². The minimum absolute atomic E-state index is 0.0617. The molecule has 3 aromatic carbocycles. The van der Waals surface area contributed by atoms with Gasteiger partial charge in [-0.05, 0) is 68.1 Å². The number of fused-ring (bicyclic) bond motifs is 12. The van der Waals surface area contributed by atoms with Gasteiger partial charge in [-0.25, -0.2) is 4.79 Å². The number of aliphatic hydroxyl groups is 2. The van der Waals surface area contributed by atoms with Crippen LogP contribution in [0.1, 0.15) is 75.8 Å². The Morgan fingerprint density at radius 1 is 1.05 bits per heavy atom. The fourth-order valence-electron chi connectivity index (χ4n) is 12.7. The van der Waals surface area contributed by atoms with Crippen molar-refractivity contribution < 1.29 is 53.3 Å². The molecule has 9 heterocycles. The number of carbonyl (C=O) groups is 2. The van der Waals surface area contributed by atoms with Crippen molar-refractivity contribution >= 4 is 34.6 Å². The first-order chi connectivity index (χ1) is 28.3. The van der Waals surface area contributed by atoms with Crippen molar-refractivity contribution in [3.8, 4) is 34.5 Å². The molecule has 16 heteroatoms. The number of phenols is 1. The number of aliphatic hydroxyl groups excluding tert-OH is 1. The van der Waals surface area contributed by atoms with E-state index in [4.69, 9.17) is 28.4 Å². The first-order valence-electron chi connectivity index (χ1n) is 20.1. The Morgan fingerprint density at radius 3 is 2.59 bits per heavy atom. The number of ether oxygens (including phenoxy) is 6. The highest BCUT2D eigenvalue weighted by Crippen LogP contribution is 2.83. The van der Waals surface area contributed by atoms with Crippen LogP contribution in [-0.4, -0.2) is 106 Å². The maximum Gasteiger partial charge on any atom is 0.333 e. The van der Waals surface area contributed by atoms with Gasteiger partial charge in [0.25, 0.3) is 0 Å². The summed E-state index contributed by atoms with van der Waals surface area (Å²) in [6.07, 6.45) is 0.450. The third-order valence-corrected chi connectivity index (χ3v) is 16.3. The van der Waals surface area contributed by atoms with Gasteiger partial charge in [0.05, 0.1) is 55.4 Å². The van der Waals surface area contributed by atoms with Crippen LogP contribution >= 0.6 is 11.8 Å². The topological polar surface area (TPSA) is 185 Å². The van der Waals surface area contributed by atoms with Gasteiger partial charge in [0, 0.05) is 63.8 Å². The number of aryl methyl sites for hydroxylation is 1. The molecule has 308 valence electrons. The Morgan fingerprint density at radius 2 is 1.85 bits per heavy atom. The number of piperazine rings is 1. The molecule has 0 radical (unpaired) electrons. The molecule has 8 aliphatic heterocycles. The lowest BCUT2D eigenvalue weighted by Crippen LogP contribution is -2.66. The van der Waals surface area contributed by atoms with E-state index in [1.54, 1.807) is 14.2 Å². The number of thioether (sulfide) groups is 1. The summed E-state index contributed by atoms with van der Waals surface area (Å²) in [5, 5.41) is 40.0. The lowest BCUT2D eigenvalue weighted by atomic mass is 9.78. The minimum atomic E-state index is -1.46. The van der Waals surface area contributed by atoms with Crippen LogP contribution in [0.2, 0.25) is 0 Å². The predicted molar refractivity (Wildman–Crippen MR) is 211 cm³/mol. The summed E-state index contributed by atoms with van der Waals surface area (Å²) < 4.78 is 36.5. The molecule has 10 atom stereocenters. The van der Waals surface area contributed by atoms with E-state index in [2.05, 4.69) is 33.1 Å².